The zero-order chi connectivity index (χ0) is 11.4. The van der Waals surface area contributed by atoms with Gasteiger partial charge in [0.1, 0.15) is 5.82 Å². The number of benzene rings is 1. The van der Waals surface area contributed by atoms with Gasteiger partial charge in [0.25, 0.3) is 0 Å². The summed E-state index contributed by atoms with van der Waals surface area (Å²) in [5.41, 5.74) is 0.106. The predicted molar refractivity (Wildman–Crippen MR) is 54.1 cm³/mol. The van der Waals surface area contributed by atoms with Crippen molar-refractivity contribution in [2.45, 2.75) is 6.42 Å². The maximum absolute atomic E-state index is 13.2. The summed E-state index contributed by atoms with van der Waals surface area (Å²) in [4.78, 5) is 13.7. The summed E-state index contributed by atoms with van der Waals surface area (Å²) in [5, 5.41) is 0. The number of halogens is 3. The zero-order valence-corrected chi connectivity index (χ0v) is 9.18. The van der Waals surface area contributed by atoms with Crippen LogP contribution in [-0.4, -0.2) is 5.97 Å². The second kappa shape index (κ2) is 5.02. The lowest BCUT2D eigenvalue weighted by atomic mass is 10.1. The molecule has 0 fully saturated rings. The second-order valence-corrected chi connectivity index (χ2v) is 3.80. The van der Waals surface area contributed by atoms with E-state index in [-0.39, 0.29) is 17.6 Å². The minimum Gasteiger partial charge on any atom is -0.250 e. The van der Waals surface area contributed by atoms with Crippen LogP contribution in [0.1, 0.15) is 5.56 Å². The molecule has 0 heterocycles. The van der Waals surface area contributed by atoms with E-state index in [1.165, 1.54) is 18.2 Å². The molecule has 0 amide bonds. The van der Waals surface area contributed by atoms with Crippen molar-refractivity contribution >= 4 is 21.9 Å². The molecule has 1 aromatic rings. The SMILES string of the molecule is C=C(Cc1cc(Br)ccc1F)C(=O)OF. The van der Waals surface area contributed by atoms with Crippen molar-refractivity contribution in [3.8, 4) is 0 Å². The van der Waals surface area contributed by atoms with Crippen molar-refractivity contribution in [3.05, 3.63) is 46.2 Å². The van der Waals surface area contributed by atoms with Crippen molar-refractivity contribution in [1.29, 1.82) is 0 Å². The second-order valence-electron chi connectivity index (χ2n) is 2.88. The number of carbonyl (C=O) groups is 1. The monoisotopic (exact) mass is 276 g/mol. The highest BCUT2D eigenvalue weighted by Crippen LogP contribution is 2.18. The van der Waals surface area contributed by atoms with Gasteiger partial charge in [-0.3, -0.25) is 0 Å². The van der Waals surface area contributed by atoms with E-state index in [2.05, 4.69) is 27.5 Å². The lowest BCUT2D eigenvalue weighted by molar-refractivity contribution is -0.178. The Morgan fingerprint density at radius 1 is 1.53 bits per heavy atom. The smallest absolute Gasteiger partial charge is 0.250 e. The Hall–Kier alpha value is -1.23. The molecule has 0 aromatic heterocycles. The van der Waals surface area contributed by atoms with Crippen molar-refractivity contribution in [2.24, 2.45) is 0 Å². The van der Waals surface area contributed by atoms with Crippen LogP contribution in [0, 0.1) is 5.82 Å². The van der Waals surface area contributed by atoms with Crippen LogP contribution in [0.15, 0.2) is 34.8 Å². The molecular formula is C10H7BrF2O2. The molecule has 0 saturated carbocycles. The Morgan fingerprint density at radius 3 is 2.80 bits per heavy atom. The first kappa shape index (κ1) is 11.8. The predicted octanol–water partition coefficient (Wildman–Crippen LogP) is 3.11. The highest BCUT2D eigenvalue weighted by molar-refractivity contribution is 9.10. The summed E-state index contributed by atoms with van der Waals surface area (Å²) < 4.78 is 25.4. The molecular weight excluding hydrogens is 270 g/mol. The minimum absolute atomic E-state index is 0.0893. The molecule has 0 aliphatic rings. The fourth-order valence-electron chi connectivity index (χ4n) is 1.04. The molecule has 5 heteroatoms. The summed E-state index contributed by atoms with van der Waals surface area (Å²) in [6, 6.07) is 4.26. The van der Waals surface area contributed by atoms with E-state index in [0.29, 0.717) is 4.47 Å². The Balaban J connectivity index is 2.85. The first-order valence-corrected chi connectivity index (χ1v) is 4.78. The standard InChI is InChI=1S/C10H7BrF2O2/c1-6(10(14)15-13)4-7-5-8(11)2-3-9(7)12/h2-3,5H,1,4H2. The third kappa shape index (κ3) is 3.13. The fourth-order valence-corrected chi connectivity index (χ4v) is 1.44. The lowest BCUT2D eigenvalue weighted by Gasteiger charge is -2.03. The van der Waals surface area contributed by atoms with Gasteiger partial charge in [-0.25, -0.2) is 14.1 Å². The van der Waals surface area contributed by atoms with E-state index < -0.39 is 11.8 Å². The van der Waals surface area contributed by atoms with E-state index in [0.717, 1.165) is 0 Å². The van der Waals surface area contributed by atoms with Gasteiger partial charge in [0, 0.05) is 21.0 Å². The molecule has 1 aromatic carbocycles. The average Bonchev–Trinajstić information content (AvgIpc) is 2.22. The van der Waals surface area contributed by atoms with Gasteiger partial charge >= 0.3 is 5.97 Å². The van der Waals surface area contributed by atoms with Crippen LogP contribution in [0.4, 0.5) is 8.92 Å². The normalized spacial score (nSPS) is 9.80. The van der Waals surface area contributed by atoms with Gasteiger partial charge in [0.05, 0.1) is 0 Å². The average molecular weight is 277 g/mol. The number of hydrogen-bond acceptors (Lipinski definition) is 2. The Morgan fingerprint density at radius 2 is 2.20 bits per heavy atom. The van der Waals surface area contributed by atoms with Gasteiger partial charge in [-0.15, -0.1) is 0 Å². The quantitative estimate of drug-likeness (QED) is 0.793. The maximum atomic E-state index is 13.2. The molecule has 0 saturated heterocycles. The van der Waals surface area contributed by atoms with E-state index >= 15 is 0 Å². The fraction of sp³-hybridized carbons (Fsp3) is 0.100. The van der Waals surface area contributed by atoms with Crippen LogP contribution in [0.25, 0.3) is 0 Å². The summed E-state index contributed by atoms with van der Waals surface area (Å²) >= 11 is 3.15. The number of rotatable bonds is 3. The zero-order valence-electron chi connectivity index (χ0n) is 7.60. The number of hydrogen-bond donors (Lipinski definition) is 0. The molecule has 0 N–H and O–H groups in total. The van der Waals surface area contributed by atoms with Crippen molar-refractivity contribution < 1.29 is 18.7 Å². The van der Waals surface area contributed by atoms with Gasteiger partial charge in [-0.2, -0.15) is 0 Å². The third-order valence-corrected chi connectivity index (χ3v) is 2.26. The van der Waals surface area contributed by atoms with Crippen LogP contribution in [0.5, 0.6) is 0 Å². The van der Waals surface area contributed by atoms with E-state index in [1.54, 1.807) is 0 Å². The maximum Gasteiger partial charge on any atom is 0.375 e. The van der Waals surface area contributed by atoms with Crippen molar-refractivity contribution in [3.63, 3.8) is 0 Å². The van der Waals surface area contributed by atoms with Crippen LogP contribution in [-0.2, 0) is 16.2 Å². The summed E-state index contributed by atoms with van der Waals surface area (Å²) in [5.74, 6) is -1.67. The highest BCUT2D eigenvalue weighted by Gasteiger charge is 2.12. The first-order chi connectivity index (χ1) is 7.04. The molecule has 0 aliphatic heterocycles. The molecule has 0 radical (unpaired) electrons. The molecule has 0 unspecified atom stereocenters. The van der Waals surface area contributed by atoms with E-state index in [4.69, 9.17) is 0 Å². The highest BCUT2D eigenvalue weighted by atomic mass is 79.9. The number of carbonyl (C=O) groups excluding carboxylic acids is 1. The van der Waals surface area contributed by atoms with Crippen molar-refractivity contribution in [2.75, 3.05) is 0 Å². The lowest BCUT2D eigenvalue weighted by Crippen LogP contribution is -2.05. The Bertz CT molecular complexity index is 404. The molecule has 15 heavy (non-hydrogen) atoms. The first-order valence-electron chi connectivity index (χ1n) is 3.99. The topological polar surface area (TPSA) is 26.3 Å². The summed E-state index contributed by atoms with van der Waals surface area (Å²) in [6.07, 6.45) is -0.0893. The van der Waals surface area contributed by atoms with Crippen molar-refractivity contribution in [1.82, 2.24) is 0 Å². The Kier molecular flexibility index (Phi) is 3.96. The summed E-state index contributed by atoms with van der Waals surface area (Å²) in [6.45, 7) is 3.30. The third-order valence-electron chi connectivity index (χ3n) is 1.77. The van der Waals surface area contributed by atoms with Crippen LogP contribution >= 0.6 is 15.9 Å². The van der Waals surface area contributed by atoms with E-state index in [1.807, 2.05) is 0 Å². The molecule has 1 rings (SSSR count). The van der Waals surface area contributed by atoms with Gasteiger partial charge in [-0.05, 0) is 23.8 Å². The van der Waals surface area contributed by atoms with Gasteiger partial charge in [0.15, 0.2) is 0 Å². The molecule has 80 valence electrons. The summed E-state index contributed by atoms with van der Waals surface area (Å²) in [7, 11) is 0. The van der Waals surface area contributed by atoms with Crippen LogP contribution in [0.2, 0.25) is 0 Å². The van der Waals surface area contributed by atoms with Gasteiger partial charge < -0.3 is 0 Å². The minimum atomic E-state index is -1.19. The van der Waals surface area contributed by atoms with Gasteiger partial charge in [-0.1, -0.05) is 22.5 Å². The van der Waals surface area contributed by atoms with E-state index in [9.17, 15) is 13.7 Å². The molecule has 2 nitrogen and oxygen atoms in total. The van der Waals surface area contributed by atoms with Gasteiger partial charge in [0.2, 0.25) is 0 Å². The van der Waals surface area contributed by atoms with Crippen LogP contribution in [0.3, 0.4) is 0 Å². The Labute approximate surface area is 93.6 Å². The largest absolute Gasteiger partial charge is 0.375 e. The molecule has 0 bridgehead atoms. The molecule has 0 aliphatic carbocycles. The molecule has 0 atom stereocenters. The van der Waals surface area contributed by atoms with Crippen LogP contribution < -0.4 is 0 Å². The molecule has 0 spiro atoms.